The van der Waals surface area contributed by atoms with Crippen molar-refractivity contribution in [3.8, 4) is 11.5 Å². The molecule has 0 aliphatic rings. The zero-order chi connectivity index (χ0) is 15.2. The largest absolute Gasteiger partial charge is 0.497 e. The average Bonchev–Trinajstić information content (AvgIpc) is 2.48. The van der Waals surface area contributed by atoms with Gasteiger partial charge in [-0.2, -0.15) is 0 Å². The highest BCUT2D eigenvalue weighted by Crippen LogP contribution is 2.27. The molecule has 0 atom stereocenters. The maximum absolute atomic E-state index is 13.7. The third kappa shape index (κ3) is 3.86. The molecule has 0 spiro atoms. The molecule has 112 valence electrons. The zero-order valence-corrected chi connectivity index (χ0v) is 12.5. The van der Waals surface area contributed by atoms with Crippen LogP contribution in [-0.2, 0) is 13.0 Å². The molecule has 5 heteroatoms. The summed E-state index contributed by atoms with van der Waals surface area (Å²) >= 11 is 5.99. The Morgan fingerprint density at radius 1 is 1.24 bits per heavy atom. The summed E-state index contributed by atoms with van der Waals surface area (Å²) in [6.45, 7) is 0.555. The molecule has 2 rings (SSSR count). The molecule has 0 aliphatic carbocycles. The van der Waals surface area contributed by atoms with Gasteiger partial charge in [-0.25, -0.2) is 4.39 Å². The normalized spacial score (nSPS) is 10.5. The molecular formula is C16H17ClFNO2. The van der Waals surface area contributed by atoms with Gasteiger partial charge in [0, 0.05) is 11.6 Å². The van der Waals surface area contributed by atoms with Crippen molar-refractivity contribution in [1.82, 2.24) is 0 Å². The van der Waals surface area contributed by atoms with Gasteiger partial charge in [0.2, 0.25) is 0 Å². The van der Waals surface area contributed by atoms with Crippen molar-refractivity contribution in [3.05, 3.63) is 58.4 Å². The number of benzene rings is 2. The molecule has 0 amide bonds. The van der Waals surface area contributed by atoms with E-state index in [0.29, 0.717) is 35.1 Å². The molecule has 0 radical (unpaired) electrons. The first kappa shape index (κ1) is 15.6. The van der Waals surface area contributed by atoms with Crippen LogP contribution in [0.25, 0.3) is 0 Å². The predicted octanol–water partition coefficient (Wildman–Crippen LogP) is 3.57. The van der Waals surface area contributed by atoms with Crippen LogP contribution in [0.1, 0.15) is 11.1 Å². The van der Waals surface area contributed by atoms with Crippen LogP contribution in [-0.4, -0.2) is 13.7 Å². The Kier molecular flexibility index (Phi) is 5.42. The molecule has 0 saturated heterocycles. The van der Waals surface area contributed by atoms with Gasteiger partial charge in [0.15, 0.2) is 0 Å². The number of rotatable bonds is 6. The summed E-state index contributed by atoms with van der Waals surface area (Å²) in [6, 6.07) is 10.1. The highest BCUT2D eigenvalue weighted by atomic mass is 35.5. The smallest absolute Gasteiger partial charge is 0.131 e. The van der Waals surface area contributed by atoms with Crippen LogP contribution in [0.2, 0.25) is 5.02 Å². The van der Waals surface area contributed by atoms with E-state index < -0.39 is 0 Å². The van der Waals surface area contributed by atoms with Crippen LogP contribution >= 0.6 is 11.6 Å². The van der Waals surface area contributed by atoms with Crippen molar-refractivity contribution in [2.24, 2.45) is 5.73 Å². The maximum Gasteiger partial charge on any atom is 0.131 e. The Balaban J connectivity index is 2.22. The second-order valence-electron chi connectivity index (χ2n) is 4.50. The van der Waals surface area contributed by atoms with Gasteiger partial charge in [-0.15, -0.1) is 0 Å². The van der Waals surface area contributed by atoms with Crippen LogP contribution in [0.3, 0.4) is 0 Å². The lowest BCUT2D eigenvalue weighted by Crippen LogP contribution is -2.06. The van der Waals surface area contributed by atoms with Gasteiger partial charge in [-0.05, 0) is 36.7 Å². The van der Waals surface area contributed by atoms with E-state index in [1.165, 1.54) is 6.07 Å². The lowest BCUT2D eigenvalue weighted by Gasteiger charge is -2.13. The van der Waals surface area contributed by atoms with Crippen molar-refractivity contribution in [1.29, 1.82) is 0 Å². The van der Waals surface area contributed by atoms with Crippen molar-refractivity contribution in [3.63, 3.8) is 0 Å². The number of hydrogen-bond acceptors (Lipinski definition) is 3. The molecule has 0 unspecified atom stereocenters. The monoisotopic (exact) mass is 309 g/mol. The van der Waals surface area contributed by atoms with Crippen LogP contribution in [0, 0.1) is 5.82 Å². The Morgan fingerprint density at radius 2 is 2.05 bits per heavy atom. The van der Waals surface area contributed by atoms with Crippen molar-refractivity contribution < 1.29 is 13.9 Å². The number of ether oxygens (including phenoxy) is 2. The number of halogens is 2. The summed E-state index contributed by atoms with van der Waals surface area (Å²) in [5.74, 6) is 0.912. The summed E-state index contributed by atoms with van der Waals surface area (Å²) in [5.41, 5.74) is 6.87. The Hall–Kier alpha value is -1.78. The minimum Gasteiger partial charge on any atom is -0.497 e. The summed E-state index contributed by atoms with van der Waals surface area (Å²) < 4.78 is 24.6. The molecule has 0 heterocycles. The van der Waals surface area contributed by atoms with E-state index in [1.54, 1.807) is 25.3 Å². The van der Waals surface area contributed by atoms with Gasteiger partial charge in [-0.1, -0.05) is 23.7 Å². The third-order valence-corrected chi connectivity index (χ3v) is 3.48. The van der Waals surface area contributed by atoms with E-state index in [0.717, 1.165) is 5.56 Å². The van der Waals surface area contributed by atoms with Crippen molar-refractivity contribution >= 4 is 11.6 Å². The molecule has 0 fully saturated rings. The fraction of sp³-hybridized carbons (Fsp3) is 0.250. The van der Waals surface area contributed by atoms with Gasteiger partial charge in [0.25, 0.3) is 0 Å². The number of hydrogen-bond donors (Lipinski definition) is 1. The average molecular weight is 310 g/mol. The molecule has 2 aromatic carbocycles. The molecule has 2 N–H and O–H groups in total. The van der Waals surface area contributed by atoms with E-state index in [2.05, 4.69) is 0 Å². The van der Waals surface area contributed by atoms with Gasteiger partial charge in [-0.3, -0.25) is 0 Å². The topological polar surface area (TPSA) is 44.5 Å². The SMILES string of the molecule is COc1ccc(CCN)c(OCc2c(F)cccc2Cl)c1. The van der Waals surface area contributed by atoms with Crippen LogP contribution in [0.15, 0.2) is 36.4 Å². The minimum atomic E-state index is -0.384. The molecule has 0 aliphatic heterocycles. The highest BCUT2D eigenvalue weighted by Gasteiger charge is 2.10. The van der Waals surface area contributed by atoms with Gasteiger partial charge >= 0.3 is 0 Å². The minimum absolute atomic E-state index is 0.0518. The molecule has 0 aromatic heterocycles. The standard InChI is InChI=1S/C16H17ClFNO2/c1-20-12-6-5-11(7-8-19)16(9-12)21-10-13-14(17)3-2-4-15(13)18/h2-6,9H,7-8,10,19H2,1H3. The quantitative estimate of drug-likeness (QED) is 0.887. The van der Waals surface area contributed by atoms with Crippen molar-refractivity contribution in [2.75, 3.05) is 13.7 Å². The van der Waals surface area contributed by atoms with E-state index in [4.69, 9.17) is 26.8 Å². The van der Waals surface area contributed by atoms with Crippen LogP contribution < -0.4 is 15.2 Å². The fourth-order valence-corrected chi connectivity index (χ4v) is 2.20. The first-order chi connectivity index (χ1) is 10.2. The molecular weight excluding hydrogens is 293 g/mol. The number of nitrogens with two attached hydrogens (primary N) is 1. The molecule has 3 nitrogen and oxygen atoms in total. The molecule has 2 aromatic rings. The third-order valence-electron chi connectivity index (χ3n) is 3.12. The Labute approximate surface area is 128 Å². The van der Waals surface area contributed by atoms with E-state index >= 15 is 0 Å². The van der Waals surface area contributed by atoms with Gasteiger partial charge < -0.3 is 15.2 Å². The second-order valence-corrected chi connectivity index (χ2v) is 4.91. The fourth-order valence-electron chi connectivity index (χ4n) is 1.98. The summed E-state index contributed by atoms with van der Waals surface area (Å²) in [6.07, 6.45) is 0.671. The molecule has 0 bridgehead atoms. The summed E-state index contributed by atoms with van der Waals surface area (Å²) in [7, 11) is 1.58. The summed E-state index contributed by atoms with van der Waals surface area (Å²) in [4.78, 5) is 0. The lowest BCUT2D eigenvalue weighted by atomic mass is 10.1. The van der Waals surface area contributed by atoms with Crippen LogP contribution in [0.4, 0.5) is 4.39 Å². The predicted molar refractivity (Wildman–Crippen MR) is 81.5 cm³/mol. The molecule has 21 heavy (non-hydrogen) atoms. The van der Waals surface area contributed by atoms with Gasteiger partial charge in [0.1, 0.15) is 23.9 Å². The second kappa shape index (κ2) is 7.29. The Bertz CT molecular complexity index is 599. The summed E-state index contributed by atoms with van der Waals surface area (Å²) in [5, 5.41) is 0.346. The first-order valence-corrected chi connectivity index (χ1v) is 6.96. The van der Waals surface area contributed by atoms with E-state index in [9.17, 15) is 4.39 Å². The lowest BCUT2D eigenvalue weighted by molar-refractivity contribution is 0.294. The first-order valence-electron chi connectivity index (χ1n) is 6.58. The zero-order valence-electron chi connectivity index (χ0n) is 11.7. The van der Waals surface area contributed by atoms with Crippen molar-refractivity contribution in [2.45, 2.75) is 13.0 Å². The Morgan fingerprint density at radius 3 is 2.71 bits per heavy atom. The van der Waals surface area contributed by atoms with Gasteiger partial charge in [0.05, 0.1) is 12.1 Å². The van der Waals surface area contributed by atoms with Crippen LogP contribution in [0.5, 0.6) is 11.5 Å². The maximum atomic E-state index is 13.7. The number of methoxy groups -OCH3 is 1. The van der Waals surface area contributed by atoms with E-state index in [1.807, 2.05) is 12.1 Å². The highest BCUT2D eigenvalue weighted by molar-refractivity contribution is 6.31. The molecule has 0 saturated carbocycles. The van der Waals surface area contributed by atoms with E-state index in [-0.39, 0.29) is 12.4 Å².